The minimum atomic E-state index is -0.328. The van der Waals surface area contributed by atoms with Crippen molar-refractivity contribution in [1.82, 2.24) is 0 Å². The normalized spacial score (nSPS) is 18.9. The van der Waals surface area contributed by atoms with Crippen LogP contribution in [0.4, 0.5) is 0 Å². The van der Waals surface area contributed by atoms with E-state index in [1.807, 2.05) is 12.1 Å². The van der Waals surface area contributed by atoms with Gasteiger partial charge in [-0.3, -0.25) is 0 Å². The Morgan fingerprint density at radius 2 is 2.29 bits per heavy atom. The van der Waals surface area contributed by atoms with Gasteiger partial charge in [-0.2, -0.15) is 4.99 Å². The SMILES string of the molecule is COc1ccc(C2(N=C=O)CC2)c2c1OCC2. The van der Waals surface area contributed by atoms with Crippen molar-refractivity contribution in [2.75, 3.05) is 13.7 Å². The monoisotopic (exact) mass is 231 g/mol. The van der Waals surface area contributed by atoms with Crippen molar-refractivity contribution < 1.29 is 14.3 Å². The second-order valence-corrected chi connectivity index (χ2v) is 4.46. The van der Waals surface area contributed by atoms with Gasteiger partial charge in [0.1, 0.15) is 0 Å². The zero-order chi connectivity index (χ0) is 11.9. The first-order valence-electron chi connectivity index (χ1n) is 5.73. The summed E-state index contributed by atoms with van der Waals surface area (Å²) in [7, 11) is 1.63. The molecule has 0 atom stereocenters. The quantitative estimate of drug-likeness (QED) is 0.590. The molecular formula is C13H13NO3. The van der Waals surface area contributed by atoms with Gasteiger partial charge in [0, 0.05) is 12.0 Å². The zero-order valence-electron chi connectivity index (χ0n) is 9.66. The summed E-state index contributed by atoms with van der Waals surface area (Å²) in [5.41, 5.74) is 1.92. The number of ether oxygens (including phenoxy) is 2. The van der Waals surface area contributed by atoms with Crippen molar-refractivity contribution in [3.8, 4) is 11.5 Å². The lowest BCUT2D eigenvalue weighted by molar-refractivity contribution is 0.326. The average Bonchev–Trinajstić information content (AvgIpc) is 2.95. The van der Waals surface area contributed by atoms with Crippen LogP contribution in [0.15, 0.2) is 17.1 Å². The number of hydrogen-bond donors (Lipinski definition) is 0. The Hall–Kier alpha value is -1.80. The van der Waals surface area contributed by atoms with Crippen LogP contribution < -0.4 is 9.47 Å². The number of methoxy groups -OCH3 is 1. The minimum Gasteiger partial charge on any atom is -0.493 e. The molecule has 88 valence electrons. The molecule has 17 heavy (non-hydrogen) atoms. The van der Waals surface area contributed by atoms with Crippen molar-refractivity contribution in [2.24, 2.45) is 4.99 Å². The maximum absolute atomic E-state index is 10.5. The van der Waals surface area contributed by atoms with E-state index < -0.39 is 0 Å². The molecule has 1 aromatic rings. The fourth-order valence-corrected chi connectivity index (χ4v) is 2.51. The number of aliphatic imine (C=N–C) groups is 1. The largest absolute Gasteiger partial charge is 0.493 e. The Labute approximate surface area is 99.3 Å². The van der Waals surface area contributed by atoms with Crippen molar-refractivity contribution in [2.45, 2.75) is 24.8 Å². The zero-order valence-corrected chi connectivity index (χ0v) is 9.66. The van der Waals surface area contributed by atoms with Gasteiger partial charge in [0.15, 0.2) is 11.5 Å². The molecule has 2 aliphatic rings. The van der Waals surface area contributed by atoms with Gasteiger partial charge in [0.2, 0.25) is 6.08 Å². The molecule has 0 spiro atoms. The molecule has 0 unspecified atom stereocenters. The Morgan fingerprint density at radius 1 is 1.47 bits per heavy atom. The highest BCUT2D eigenvalue weighted by atomic mass is 16.5. The lowest BCUT2D eigenvalue weighted by Crippen LogP contribution is -2.06. The van der Waals surface area contributed by atoms with E-state index in [0.29, 0.717) is 6.61 Å². The number of isocyanates is 1. The van der Waals surface area contributed by atoms with Crippen molar-refractivity contribution in [3.63, 3.8) is 0 Å². The predicted octanol–water partition coefficient (Wildman–Crippen LogP) is 1.95. The van der Waals surface area contributed by atoms with Crippen molar-refractivity contribution in [3.05, 3.63) is 23.3 Å². The fourth-order valence-electron chi connectivity index (χ4n) is 2.51. The lowest BCUT2D eigenvalue weighted by atomic mass is 9.96. The average molecular weight is 231 g/mol. The maximum Gasteiger partial charge on any atom is 0.235 e. The molecular weight excluding hydrogens is 218 g/mol. The Kier molecular flexibility index (Phi) is 2.20. The molecule has 4 heteroatoms. The van der Waals surface area contributed by atoms with Gasteiger partial charge in [0.25, 0.3) is 0 Å². The summed E-state index contributed by atoms with van der Waals surface area (Å²) in [4.78, 5) is 14.5. The van der Waals surface area contributed by atoms with Crippen LogP contribution in [-0.4, -0.2) is 19.8 Å². The Morgan fingerprint density at radius 3 is 2.94 bits per heavy atom. The van der Waals surface area contributed by atoms with E-state index >= 15 is 0 Å². The molecule has 1 aliphatic heterocycles. The van der Waals surface area contributed by atoms with Crippen LogP contribution in [0, 0.1) is 0 Å². The van der Waals surface area contributed by atoms with Crippen LogP contribution in [0.1, 0.15) is 24.0 Å². The molecule has 4 nitrogen and oxygen atoms in total. The van der Waals surface area contributed by atoms with Crippen LogP contribution >= 0.6 is 0 Å². The molecule has 0 bridgehead atoms. The number of hydrogen-bond acceptors (Lipinski definition) is 4. The minimum absolute atomic E-state index is 0.328. The summed E-state index contributed by atoms with van der Waals surface area (Å²) >= 11 is 0. The van der Waals surface area contributed by atoms with Gasteiger partial charge in [-0.1, -0.05) is 6.07 Å². The summed E-state index contributed by atoms with van der Waals surface area (Å²) in [6.45, 7) is 0.670. The molecule has 0 N–H and O–H groups in total. The van der Waals surface area contributed by atoms with Gasteiger partial charge in [-0.05, 0) is 24.5 Å². The van der Waals surface area contributed by atoms with Gasteiger partial charge >= 0.3 is 0 Å². The maximum atomic E-state index is 10.5. The summed E-state index contributed by atoms with van der Waals surface area (Å²) in [5.74, 6) is 1.57. The van der Waals surface area contributed by atoms with E-state index in [2.05, 4.69) is 4.99 Å². The van der Waals surface area contributed by atoms with Crippen LogP contribution in [0.3, 0.4) is 0 Å². The first-order chi connectivity index (χ1) is 8.30. The summed E-state index contributed by atoms with van der Waals surface area (Å²) in [6, 6.07) is 3.89. The highest BCUT2D eigenvalue weighted by Crippen LogP contribution is 2.53. The smallest absolute Gasteiger partial charge is 0.235 e. The van der Waals surface area contributed by atoms with Crippen LogP contribution in [0.5, 0.6) is 11.5 Å². The molecule has 0 aromatic heterocycles. The van der Waals surface area contributed by atoms with Crippen LogP contribution in [0.2, 0.25) is 0 Å². The molecule has 1 saturated carbocycles. The van der Waals surface area contributed by atoms with E-state index in [-0.39, 0.29) is 5.54 Å². The molecule has 0 saturated heterocycles. The number of nitrogens with zero attached hydrogens (tertiary/aromatic N) is 1. The third-order valence-corrected chi connectivity index (χ3v) is 3.53. The number of carbonyl (C=O) groups excluding carboxylic acids is 1. The topological polar surface area (TPSA) is 47.9 Å². The first-order valence-corrected chi connectivity index (χ1v) is 5.73. The second kappa shape index (κ2) is 3.60. The molecule has 1 aliphatic carbocycles. The summed E-state index contributed by atoms with van der Waals surface area (Å²) in [5, 5.41) is 0. The van der Waals surface area contributed by atoms with E-state index in [4.69, 9.17) is 9.47 Å². The standard InChI is InChI=1S/C13H13NO3/c1-16-11-3-2-10(9-4-7-17-12(9)11)13(5-6-13)14-8-15/h2-3H,4-7H2,1H3. The Bertz CT molecular complexity index is 514. The van der Waals surface area contributed by atoms with Gasteiger partial charge in [-0.25, -0.2) is 4.79 Å². The number of benzene rings is 1. The second-order valence-electron chi connectivity index (χ2n) is 4.46. The van der Waals surface area contributed by atoms with Gasteiger partial charge in [0.05, 0.1) is 19.3 Å². The molecule has 1 fully saturated rings. The molecule has 1 aromatic carbocycles. The molecule has 0 radical (unpaired) electrons. The highest BCUT2D eigenvalue weighted by Gasteiger charge is 2.47. The van der Waals surface area contributed by atoms with Crippen LogP contribution in [0.25, 0.3) is 0 Å². The van der Waals surface area contributed by atoms with E-state index in [0.717, 1.165) is 41.9 Å². The Balaban J connectivity index is 2.14. The van der Waals surface area contributed by atoms with Crippen molar-refractivity contribution in [1.29, 1.82) is 0 Å². The number of rotatable bonds is 3. The third kappa shape index (κ3) is 1.45. The molecule has 0 amide bonds. The van der Waals surface area contributed by atoms with Crippen molar-refractivity contribution >= 4 is 6.08 Å². The third-order valence-electron chi connectivity index (χ3n) is 3.53. The lowest BCUT2D eigenvalue weighted by Gasteiger charge is -2.14. The van der Waals surface area contributed by atoms with E-state index in [9.17, 15) is 4.79 Å². The predicted molar refractivity (Wildman–Crippen MR) is 61.2 cm³/mol. The van der Waals surface area contributed by atoms with Gasteiger partial charge < -0.3 is 9.47 Å². The number of fused-ring (bicyclic) bond motifs is 1. The highest BCUT2D eigenvalue weighted by molar-refractivity contribution is 5.57. The summed E-state index contributed by atoms with van der Waals surface area (Å²) in [6.07, 6.45) is 4.39. The van der Waals surface area contributed by atoms with E-state index in [1.165, 1.54) is 0 Å². The first kappa shape index (κ1) is 10.4. The van der Waals surface area contributed by atoms with Crippen LogP contribution in [-0.2, 0) is 16.8 Å². The van der Waals surface area contributed by atoms with Gasteiger partial charge in [-0.15, -0.1) is 0 Å². The molecule has 3 rings (SSSR count). The molecule has 1 heterocycles. The van der Waals surface area contributed by atoms with E-state index in [1.54, 1.807) is 13.2 Å². The summed E-state index contributed by atoms with van der Waals surface area (Å²) < 4.78 is 10.9. The fraction of sp³-hybridized carbons (Fsp3) is 0.462.